The fourth-order valence-corrected chi connectivity index (χ4v) is 4.18. The Kier molecular flexibility index (Phi) is 4.27. The molecule has 0 radical (unpaired) electrons. The molecule has 0 aliphatic heterocycles. The molecular weight excluding hydrogens is 336 g/mol. The first kappa shape index (κ1) is 16.2. The molecular formula is C18H20N4O2S. The lowest BCUT2D eigenvalue weighted by Gasteiger charge is -2.38. The minimum atomic E-state index is -0.221. The molecule has 1 aliphatic carbocycles. The molecule has 25 heavy (non-hydrogen) atoms. The Morgan fingerprint density at radius 3 is 2.88 bits per heavy atom. The van der Waals surface area contributed by atoms with E-state index in [0.717, 1.165) is 40.2 Å². The van der Waals surface area contributed by atoms with Crippen LogP contribution in [-0.4, -0.2) is 33.3 Å². The molecule has 130 valence electrons. The lowest BCUT2D eigenvalue weighted by Crippen LogP contribution is -2.36. The first-order valence-electron chi connectivity index (χ1n) is 8.28. The third-order valence-electron chi connectivity index (χ3n) is 4.70. The van der Waals surface area contributed by atoms with Crippen LogP contribution in [0.2, 0.25) is 0 Å². The Hall–Kier alpha value is -2.25. The highest BCUT2D eigenvalue weighted by atomic mass is 32.1. The van der Waals surface area contributed by atoms with Gasteiger partial charge in [-0.15, -0.1) is 11.3 Å². The number of pyridine rings is 1. The lowest BCUT2D eigenvalue weighted by molar-refractivity contribution is 0.0339. The monoisotopic (exact) mass is 356 g/mol. The van der Waals surface area contributed by atoms with Crippen LogP contribution in [0.1, 0.15) is 29.3 Å². The number of hydrogen-bond donors (Lipinski definition) is 2. The zero-order valence-electron chi connectivity index (χ0n) is 14.1. The highest BCUT2D eigenvalue weighted by Crippen LogP contribution is 2.41. The van der Waals surface area contributed by atoms with E-state index in [4.69, 9.17) is 4.74 Å². The summed E-state index contributed by atoms with van der Waals surface area (Å²) in [7, 11) is 1.64. The predicted molar refractivity (Wildman–Crippen MR) is 98.0 cm³/mol. The summed E-state index contributed by atoms with van der Waals surface area (Å²) in [5, 5.41) is 14.4. The number of ether oxygens (including phenoxy) is 1. The van der Waals surface area contributed by atoms with Gasteiger partial charge in [-0.3, -0.25) is 4.98 Å². The third kappa shape index (κ3) is 3.17. The zero-order chi connectivity index (χ0) is 17.4. The van der Waals surface area contributed by atoms with Crippen molar-refractivity contribution in [3.63, 3.8) is 0 Å². The van der Waals surface area contributed by atoms with E-state index in [1.165, 1.54) is 4.88 Å². The van der Waals surface area contributed by atoms with Crippen molar-refractivity contribution >= 4 is 27.4 Å². The second-order valence-electron chi connectivity index (χ2n) is 6.46. The van der Waals surface area contributed by atoms with Crippen molar-refractivity contribution in [2.24, 2.45) is 5.92 Å². The first-order valence-corrected chi connectivity index (χ1v) is 9.10. The van der Waals surface area contributed by atoms with Gasteiger partial charge in [0.05, 0.1) is 30.8 Å². The van der Waals surface area contributed by atoms with Gasteiger partial charge in [0.25, 0.3) is 0 Å². The van der Waals surface area contributed by atoms with Crippen LogP contribution < -0.4 is 10.1 Å². The molecule has 1 saturated carbocycles. The van der Waals surface area contributed by atoms with E-state index < -0.39 is 0 Å². The summed E-state index contributed by atoms with van der Waals surface area (Å²) in [5.74, 6) is 1.88. The number of anilines is 1. The number of hydrogen-bond acceptors (Lipinski definition) is 7. The quantitative estimate of drug-likeness (QED) is 0.730. The molecule has 7 heteroatoms. The second-order valence-corrected chi connectivity index (χ2v) is 7.70. The van der Waals surface area contributed by atoms with Gasteiger partial charge in [0, 0.05) is 11.1 Å². The van der Waals surface area contributed by atoms with Crippen molar-refractivity contribution in [2.45, 2.75) is 31.9 Å². The maximum Gasteiger partial charge on any atom is 0.138 e. The summed E-state index contributed by atoms with van der Waals surface area (Å²) < 4.78 is 5.32. The molecule has 1 fully saturated rings. The van der Waals surface area contributed by atoms with Crippen LogP contribution in [0.4, 0.5) is 5.82 Å². The molecule has 0 aromatic carbocycles. The number of nitrogens with zero attached hydrogens (tertiary/aromatic N) is 3. The first-order chi connectivity index (χ1) is 12.1. The van der Waals surface area contributed by atoms with Crippen molar-refractivity contribution < 1.29 is 9.84 Å². The molecule has 0 amide bonds. The number of methoxy groups -OCH3 is 1. The molecule has 3 aromatic rings. The number of nitrogens with one attached hydrogen (secondary N) is 1. The molecule has 6 nitrogen and oxygen atoms in total. The Balaban J connectivity index is 1.70. The number of thiophene rings is 1. The summed E-state index contributed by atoms with van der Waals surface area (Å²) in [5.41, 5.74) is 1.04. The summed E-state index contributed by atoms with van der Waals surface area (Å²) in [6.45, 7) is 2.07. The minimum absolute atomic E-state index is 0.0179. The zero-order valence-corrected chi connectivity index (χ0v) is 15.0. The summed E-state index contributed by atoms with van der Waals surface area (Å²) in [6, 6.07) is 4.12. The average Bonchev–Trinajstić information content (AvgIpc) is 2.98. The molecule has 0 saturated heterocycles. The number of fused-ring (bicyclic) bond motifs is 1. The van der Waals surface area contributed by atoms with Crippen LogP contribution >= 0.6 is 11.3 Å². The molecule has 3 aromatic heterocycles. The van der Waals surface area contributed by atoms with Gasteiger partial charge >= 0.3 is 0 Å². The highest BCUT2D eigenvalue weighted by Gasteiger charge is 2.35. The predicted octanol–water partition coefficient (Wildman–Crippen LogP) is 3.33. The van der Waals surface area contributed by atoms with Crippen molar-refractivity contribution in [3.8, 4) is 5.75 Å². The Morgan fingerprint density at radius 1 is 1.28 bits per heavy atom. The van der Waals surface area contributed by atoms with Crippen molar-refractivity contribution in [2.75, 3.05) is 12.4 Å². The summed E-state index contributed by atoms with van der Waals surface area (Å²) in [6.07, 6.45) is 6.46. The molecule has 1 atom stereocenters. The van der Waals surface area contributed by atoms with Gasteiger partial charge in [0.15, 0.2) is 0 Å². The van der Waals surface area contributed by atoms with Gasteiger partial charge in [-0.2, -0.15) is 0 Å². The number of aliphatic hydroxyl groups excluding tert-OH is 1. The largest absolute Gasteiger partial charge is 0.495 e. The van der Waals surface area contributed by atoms with E-state index >= 15 is 0 Å². The molecule has 0 spiro atoms. The fraction of sp³-hybridized carbons (Fsp3) is 0.389. The minimum Gasteiger partial charge on any atom is -0.495 e. The molecule has 0 unspecified atom stereocenters. The normalized spacial score (nSPS) is 20.9. The molecule has 2 N–H and O–H groups in total. The van der Waals surface area contributed by atoms with Crippen LogP contribution in [0.25, 0.3) is 10.2 Å². The van der Waals surface area contributed by atoms with Gasteiger partial charge in [-0.1, -0.05) is 0 Å². The van der Waals surface area contributed by atoms with E-state index in [0.29, 0.717) is 5.92 Å². The Labute approximate surface area is 149 Å². The maximum absolute atomic E-state index is 9.76. The summed E-state index contributed by atoms with van der Waals surface area (Å²) >= 11 is 1.66. The summed E-state index contributed by atoms with van der Waals surface area (Å²) in [4.78, 5) is 15.3. The standard InChI is InChI=1S/C18H20N4O2S/c1-10-3-15-17(20-9-21-18(15)25-10)22-16(11-4-13(23)5-11)12-6-14(24-2)8-19-7-12/h3,6-9,11,13,16,23H,4-5H2,1-2H3,(H,20,21,22)/t11?,13?,16-/m0/s1. The van der Waals surface area contributed by atoms with Crippen LogP contribution in [0.5, 0.6) is 5.75 Å². The number of rotatable bonds is 5. The maximum atomic E-state index is 9.76. The smallest absolute Gasteiger partial charge is 0.138 e. The van der Waals surface area contributed by atoms with Crippen molar-refractivity contribution in [3.05, 3.63) is 41.3 Å². The lowest BCUT2D eigenvalue weighted by atomic mass is 9.75. The van der Waals surface area contributed by atoms with E-state index in [2.05, 4.69) is 33.3 Å². The second kappa shape index (κ2) is 6.57. The number of aromatic nitrogens is 3. The van der Waals surface area contributed by atoms with Gasteiger partial charge in [0.1, 0.15) is 22.7 Å². The highest BCUT2D eigenvalue weighted by molar-refractivity contribution is 7.18. The number of aliphatic hydroxyl groups is 1. The van der Waals surface area contributed by atoms with Crippen LogP contribution in [0, 0.1) is 12.8 Å². The average molecular weight is 356 g/mol. The fourth-order valence-electron chi connectivity index (χ4n) is 3.33. The van der Waals surface area contributed by atoms with Gasteiger partial charge in [0.2, 0.25) is 0 Å². The van der Waals surface area contributed by atoms with E-state index in [1.807, 2.05) is 12.3 Å². The van der Waals surface area contributed by atoms with Gasteiger partial charge in [-0.05, 0) is 43.4 Å². The number of aryl methyl sites for hydroxylation is 1. The molecule has 0 bridgehead atoms. The van der Waals surface area contributed by atoms with Crippen LogP contribution in [0.3, 0.4) is 0 Å². The van der Waals surface area contributed by atoms with Crippen LogP contribution in [-0.2, 0) is 0 Å². The van der Waals surface area contributed by atoms with Crippen molar-refractivity contribution in [1.29, 1.82) is 0 Å². The Bertz CT molecular complexity index is 892. The SMILES string of the molecule is COc1cncc([C@@H](Nc2ncnc3sc(C)cc23)C2CC(O)C2)c1. The van der Waals surface area contributed by atoms with Gasteiger partial charge < -0.3 is 15.2 Å². The molecule has 4 rings (SSSR count). The molecule has 1 aliphatic rings. The van der Waals surface area contributed by atoms with Gasteiger partial charge in [-0.25, -0.2) is 9.97 Å². The van der Waals surface area contributed by atoms with E-state index in [-0.39, 0.29) is 12.1 Å². The van der Waals surface area contributed by atoms with E-state index in [9.17, 15) is 5.11 Å². The van der Waals surface area contributed by atoms with E-state index in [1.54, 1.807) is 31.0 Å². The molecule has 3 heterocycles. The van der Waals surface area contributed by atoms with Crippen molar-refractivity contribution in [1.82, 2.24) is 15.0 Å². The Morgan fingerprint density at radius 2 is 2.12 bits per heavy atom. The van der Waals surface area contributed by atoms with Crippen LogP contribution in [0.15, 0.2) is 30.9 Å². The topological polar surface area (TPSA) is 80.2 Å². The third-order valence-corrected chi connectivity index (χ3v) is 5.65.